The average Bonchev–Trinajstić information content (AvgIpc) is 2.36. The van der Waals surface area contributed by atoms with Crippen LogP contribution in [0.4, 0.5) is 13.2 Å². The van der Waals surface area contributed by atoms with Crippen LogP contribution in [0.2, 0.25) is 0 Å². The van der Waals surface area contributed by atoms with Crippen molar-refractivity contribution in [3.05, 3.63) is 54.1 Å². The molecule has 1 N–H and O–H groups in total. The average molecular weight is 342 g/mol. The van der Waals surface area contributed by atoms with Gasteiger partial charge in [0.2, 0.25) is 0 Å². The van der Waals surface area contributed by atoms with E-state index in [9.17, 15) is 21.6 Å². The van der Waals surface area contributed by atoms with E-state index in [4.69, 9.17) is 4.55 Å². The molecular weight excluding hydrogens is 332 g/mol. The molecule has 0 saturated carbocycles. The van der Waals surface area contributed by atoms with Gasteiger partial charge in [-0.1, -0.05) is 24.3 Å². The minimum absolute atomic E-state index is 0. The second-order valence-corrected chi connectivity index (χ2v) is 5.14. The molecule has 2 rings (SSSR count). The maximum absolute atomic E-state index is 12.5. The molecule has 0 aromatic heterocycles. The number of benzene rings is 2. The predicted molar refractivity (Wildman–Crippen MR) is 70.2 cm³/mol. The molecule has 0 fully saturated rings. The number of hydrogen-bond donors (Lipinski definition) is 1. The first-order chi connectivity index (χ1) is 9.65. The molecule has 114 valence electrons. The Kier molecular flexibility index (Phi) is 6.05. The van der Waals surface area contributed by atoms with Gasteiger partial charge in [-0.2, -0.15) is 21.6 Å². The van der Waals surface area contributed by atoms with Gasteiger partial charge in [-0.3, -0.25) is 4.55 Å². The molecule has 2 aromatic carbocycles. The number of hydrogen-bond acceptors (Lipinski definition) is 3. The van der Waals surface area contributed by atoms with Gasteiger partial charge in [0.15, 0.2) is 0 Å². The second-order valence-electron chi connectivity index (χ2n) is 4.11. The summed E-state index contributed by atoms with van der Waals surface area (Å²) in [6.07, 6.45) is -4.42. The van der Waals surface area contributed by atoms with Gasteiger partial charge in [0.05, 0.1) is 5.56 Å². The minimum Gasteiger partial charge on any atom is -1.00 e. The molecule has 22 heavy (non-hydrogen) atoms. The van der Waals surface area contributed by atoms with Gasteiger partial charge in [-0.25, -0.2) is 0 Å². The zero-order valence-electron chi connectivity index (χ0n) is 12.3. The largest absolute Gasteiger partial charge is 1.00 e. The van der Waals surface area contributed by atoms with Crippen LogP contribution in [0.15, 0.2) is 48.5 Å². The van der Waals surface area contributed by atoms with Crippen molar-refractivity contribution in [2.45, 2.75) is 6.18 Å². The Hall–Kier alpha value is -1.06. The zero-order valence-corrected chi connectivity index (χ0v) is 14.1. The molecule has 0 unspecified atom stereocenters. The van der Waals surface area contributed by atoms with Gasteiger partial charge in [-0.05, 0) is 35.4 Å². The van der Waals surface area contributed by atoms with Gasteiger partial charge < -0.3 is 5.61 Å². The Morgan fingerprint density at radius 2 is 1.59 bits per heavy atom. The van der Waals surface area contributed by atoms with Crippen LogP contribution in [0, 0.1) is 0 Å². The summed E-state index contributed by atoms with van der Waals surface area (Å²) in [5.74, 6) is -0.144. The van der Waals surface area contributed by atoms with Crippen LogP contribution in [0.5, 0.6) is 5.75 Å². The van der Waals surface area contributed by atoms with Crippen molar-refractivity contribution >= 4 is 10.4 Å². The summed E-state index contributed by atoms with van der Waals surface area (Å²) in [5.41, 5.74) is 0.116. The van der Waals surface area contributed by atoms with Crippen molar-refractivity contribution in [2.75, 3.05) is 0 Å². The van der Waals surface area contributed by atoms with Gasteiger partial charge in [-0.15, -0.1) is 0 Å². The topological polar surface area (TPSA) is 63.6 Å². The van der Waals surface area contributed by atoms with Crippen molar-refractivity contribution in [2.24, 2.45) is 0 Å². The first-order valence-electron chi connectivity index (χ1n) is 5.60. The quantitative estimate of drug-likeness (QED) is 0.658. The Labute approximate surface area is 148 Å². The smallest absolute Gasteiger partial charge is 1.00 e. The molecule has 0 radical (unpaired) electrons. The van der Waals surface area contributed by atoms with Crippen LogP contribution in [0.1, 0.15) is 6.99 Å². The third-order valence-electron chi connectivity index (χ3n) is 2.58. The summed E-state index contributed by atoms with van der Waals surface area (Å²) in [5, 5.41) is 0. The van der Waals surface area contributed by atoms with E-state index in [-0.39, 0.29) is 36.7 Å². The van der Waals surface area contributed by atoms with Crippen LogP contribution >= 0.6 is 0 Å². The number of alkyl halides is 3. The van der Waals surface area contributed by atoms with E-state index in [1.165, 1.54) is 30.3 Å². The van der Waals surface area contributed by atoms with E-state index >= 15 is 0 Å². The zero-order chi connectivity index (χ0) is 15.7. The van der Waals surface area contributed by atoms with E-state index in [1.54, 1.807) is 6.07 Å². The number of rotatable bonds is 3. The Balaban J connectivity index is 0.00000242. The third kappa shape index (κ3) is 5.29. The maximum atomic E-state index is 12.5. The van der Waals surface area contributed by atoms with Crippen molar-refractivity contribution in [1.29, 1.82) is 0 Å². The van der Waals surface area contributed by atoms with Gasteiger partial charge >= 0.3 is 46.1 Å². The second kappa shape index (κ2) is 7.01. The van der Waals surface area contributed by atoms with Crippen LogP contribution in [-0.4, -0.2) is 13.0 Å². The van der Waals surface area contributed by atoms with E-state index in [0.717, 1.165) is 12.1 Å². The molecule has 0 aliphatic rings. The van der Waals surface area contributed by atoms with Gasteiger partial charge in [0, 0.05) is 0 Å². The molecule has 9 heteroatoms. The van der Waals surface area contributed by atoms with Crippen LogP contribution < -0.4 is 33.7 Å². The predicted octanol–water partition coefficient (Wildman–Crippen LogP) is 0.670. The molecule has 0 aliphatic carbocycles. The minimum atomic E-state index is -4.65. The first kappa shape index (κ1) is 19.0. The van der Waals surface area contributed by atoms with Crippen molar-refractivity contribution in [3.8, 4) is 16.9 Å². The van der Waals surface area contributed by atoms with Crippen LogP contribution in [0.25, 0.3) is 11.1 Å². The summed E-state index contributed by atoms with van der Waals surface area (Å²) in [6, 6.07) is 9.97. The van der Waals surface area contributed by atoms with Crippen LogP contribution in [0.3, 0.4) is 0 Å². The van der Waals surface area contributed by atoms with Crippen molar-refractivity contribution < 1.29 is 61.3 Å². The fraction of sp³-hybridized carbons (Fsp3) is 0.0769. The molecule has 0 amide bonds. The van der Waals surface area contributed by atoms with Gasteiger partial charge in [0.1, 0.15) is 5.75 Å². The van der Waals surface area contributed by atoms with E-state index < -0.39 is 22.1 Å². The van der Waals surface area contributed by atoms with Crippen molar-refractivity contribution in [3.63, 3.8) is 0 Å². The molecule has 0 bridgehead atoms. The molecule has 0 aliphatic heterocycles. The fourth-order valence-electron chi connectivity index (χ4n) is 1.70. The molecule has 0 atom stereocenters. The summed E-state index contributed by atoms with van der Waals surface area (Å²) in [6.45, 7) is 0. The summed E-state index contributed by atoms with van der Waals surface area (Å²) < 4.78 is 71.5. The molecule has 4 nitrogen and oxygen atoms in total. The maximum Gasteiger partial charge on any atom is 1.00 e. The number of halogens is 3. The third-order valence-corrected chi connectivity index (χ3v) is 2.98. The molecule has 0 spiro atoms. The molecule has 2 aromatic rings. The van der Waals surface area contributed by atoms with Gasteiger partial charge in [0.25, 0.3) is 0 Å². The standard InChI is InChI=1S/C13H9F3O4S.Na.H/c14-13(15,16)11-6-4-9(5-7-11)10-2-1-3-12(8-10)20-21(17,18)19;;/h1-8H,(H,17,18,19);;/q;+1;-1. The van der Waals surface area contributed by atoms with E-state index in [0.29, 0.717) is 11.1 Å². The van der Waals surface area contributed by atoms with Crippen LogP contribution in [-0.2, 0) is 16.6 Å². The normalized spacial score (nSPS) is 11.6. The Bertz CT molecular complexity index is 749. The van der Waals surface area contributed by atoms with Crippen molar-refractivity contribution in [1.82, 2.24) is 0 Å². The van der Waals surface area contributed by atoms with E-state index in [1.807, 2.05) is 0 Å². The molecular formula is C13H10F3NaO4S. The fourth-order valence-corrected chi connectivity index (χ4v) is 2.05. The summed E-state index contributed by atoms with van der Waals surface area (Å²) in [4.78, 5) is 0. The monoisotopic (exact) mass is 342 g/mol. The summed E-state index contributed by atoms with van der Waals surface area (Å²) >= 11 is 0. The Morgan fingerprint density at radius 1 is 1.00 bits per heavy atom. The molecule has 0 heterocycles. The molecule has 0 saturated heterocycles. The Morgan fingerprint density at radius 3 is 2.09 bits per heavy atom. The first-order valence-corrected chi connectivity index (χ1v) is 6.96. The summed E-state index contributed by atoms with van der Waals surface area (Å²) in [7, 11) is -4.65. The SMILES string of the molecule is O=S(=O)(O)Oc1cccc(-c2ccc(C(F)(F)F)cc2)c1.[H-].[Na+]. The van der Waals surface area contributed by atoms with E-state index in [2.05, 4.69) is 4.18 Å².